The van der Waals surface area contributed by atoms with Crippen molar-refractivity contribution < 1.29 is 39.2 Å². The monoisotopic (exact) mass is 778 g/mol. The molecule has 0 aromatic rings. The first kappa shape index (κ1) is 61.1. The van der Waals surface area contributed by atoms with Crippen LogP contribution in [0.15, 0.2) is 0 Å². The zero-order chi connectivity index (χ0) is 36.4. The Morgan fingerprint density at radius 3 is 0.588 bits per heavy atom. The summed E-state index contributed by atoms with van der Waals surface area (Å²) in [5, 5.41) is 17.6. The Balaban J connectivity index is -0.000000225. The number of hydrogen-bond donors (Lipinski definition) is 1. The average Bonchev–Trinajstić information content (AvgIpc) is 3.12. The van der Waals surface area contributed by atoms with Crippen molar-refractivity contribution in [2.75, 3.05) is 32.8 Å². The number of nitrogens with zero attached hydrogens (tertiary/aromatic N) is 2. The SMILES string of the molecule is CCCCCCCCCC[N-]CCCCCCCCCC.CCCCCCCCCC[N-]CCCCCCCCCC.CCCCCCO.[Cl-].[Ti+2]. The van der Waals surface area contributed by atoms with Crippen LogP contribution >= 0.6 is 0 Å². The van der Waals surface area contributed by atoms with Gasteiger partial charge in [0.05, 0.1) is 0 Å². The Hall–Kier alpha value is 0.884. The second-order valence-electron chi connectivity index (χ2n) is 15.0. The molecule has 0 radical (unpaired) electrons. The van der Waals surface area contributed by atoms with Crippen LogP contribution in [0.5, 0.6) is 0 Å². The van der Waals surface area contributed by atoms with Gasteiger partial charge in [0.25, 0.3) is 0 Å². The third-order valence-electron chi connectivity index (χ3n) is 9.69. The van der Waals surface area contributed by atoms with E-state index in [1.54, 1.807) is 0 Å². The molecule has 1 N–H and O–H groups in total. The van der Waals surface area contributed by atoms with Gasteiger partial charge in [-0.2, -0.15) is 0 Å². The van der Waals surface area contributed by atoms with Gasteiger partial charge in [0.2, 0.25) is 0 Å². The molecule has 0 rings (SSSR count). The quantitative estimate of drug-likeness (QED) is 0.0489. The molecule has 0 unspecified atom stereocenters. The minimum atomic E-state index is 0. The smallest absolute Gasteiger partial charge is 1.00 e. The second kappa shape index (κ2) is 65.7. The van der Waals surface area contributed by atoms with Crippen molar-refractivity contribution in [3.05, 3.63) is 10.6 Å². The molecule has 0 saturated carbocycles. The molecular formula is C46H98ClN2OTi-. The van der Waals surface area contributed by atoms with Gasteiger partial charge in [-0.25, -0.2) is 0 Å². The number of aliphatic hydroxyl groups is 1. The van der Waals surface area contributed by atoms with E-state index in [1.165, 1.54) is 225 Å². The van der Waals surface area contributed by atoms with Crippen LogP contribution in [0.3, 0.4) is 0 Å². The van der Waals surface area contributed by atoms with Gasteiger partial charge < -0.3 is 28.1 Å². The molecule has 3 nitrogen and oxygen atoms in total. The maximum absolute atomic E-state index is 8.29. The molecule has 0 aromatic heterocycles. The standard InChI is InChI=1S/2C20H42N.C6H14O.ClH.Ti/c2*1-3-5-7-9-11-13-15-17-19-21-20-18-16-14-12-10-8-6-4-2;1-2-3-4-5-6-7;;/h2*3-20H2,1-2H3;7H,2-6H2,1H3;1H;/q2*-1;;;+2/p-1. The molecule has 0 atom stereocenters. The summed E-state index contributed by atoms with van der Waals surface area (Å²) in [6.07, 6.45) is 49.7. The van der Waals surface area contributed by atoms with Crippen molar-refractivity contribution >= 4 is 0 Å². The van der Waals surface area contributed by atoms with E-state index < -0.39 is 0 Å². The number of rotatable bonds is 40. The van der Waals surface area contributed by atoms with Crippen molar-refractivity contribution in [1.29, 1.82) is 0 Å². The summed E-state index contributed by atoms with van der Waals surface area (Å²) in [4.78, 5) is 0. The first-order valence-electron chi connectivity index (χ1n) is 23.1. The summed E-state index contributed by atoms with van der Waals surface area (Å²) in [6.45, 7) is 16.1. The van der Waals surface area contributed by atoms with Crippen molar-refractivity contribution in [2.24, 2.45) is 0 Å². The maximum Gasteiger partial charge on any atom is 2.00 e. The molecule has 5 heteroatoms. The molecule has 0 saturated heterocycles. The van der Waals surface area contributed by atoms with E-state index >= 15 is 0 Å². The van der Waals surface area contributed by atoms with Crippen molar-refractivity contribution in [3.63, 3.8) is 0 Å². The van der Waals surface area contributed by atoms with Crippen LogP contribution in [0.25, 0.3) is 10.6 Å². The van der Waals surface area contributed by atoms with Gasteiger partial charge in [0, 0.05) is 6.61 Å². The van der Waals surface area contributed by atoms with E-state index in [0.717, 1.165) is 32.6 Å². The summed E-state index contributed by atoms with van der Waals surface area (Å²) in [5.41, 5.74) is 0. The van der Waals surface area contributed by atoms with Crippen LogP contribution in [0.1, 0.15) is 266 Å². The fourth-order valence-electron chi connectivity index (χ4n) is 6.19. The van der Waals surface area contributed by atoms with Crippen molar-refractivity contribution in [1.82, 2.24) is 0 Å². The van der Waals surface area contributed by atoms with Crippen molar-refractivity contribution in [3.8, 4) is 0 Å². The average molecular weight is 779 g/mol. The van der Waals surface area contributed by atoms with E-state index in [-0.39, 0.29) is 34.1 Å². The zero-order valence-corrected chi connectivity index (χ0v) is 38.5. The summed E-state index contributed by atoms with van der Waals surface area (Å²) in [5.74, 6) is 0. The second-order valence-corrected chi connectivity index (χ2v) is 15.0. The minimum absolute atomic E-state index is 0. The Kier molecular flexibility index (Phi) is 78.8. The van der Waals surface area contributed by atoms with Crippen LogP contribution in [0, 0.1) is 0 Å². The Morgan fingerprint density at radius 1 is 0.255 bits per heavy atom. The molecule has 0 bridgehead atoms. The molecule has 310 valence electrons. The molecule has 0 spiro atoms. The third kappa shape index (κ3) is 72.7. The number of aliphatic hydroxyl groups excluding tert-OH is 1. The molecule has 0 aliphatic carbocycles. The molecule has 51 heavy (non-hydrogen) atoms. The number of unbranched alkanes of at least 4 members (excludes halogenated alkanes) is 31. The Bertz CT molecular complexity index is 422. The summed E-state index contributed by atoms with van der Waals surface area (Å²) in [7, 11) is 0. The van der Waals surface area contributed by atoms with Gasteiger partial charge >= 0.3 is 21.7 Å². The number of hydrogen-bond acceptors (Lipinski definition) is 1. The van der Waals surface area contributed by atoms with Gasteiger partial charge in [0.1, 0.15) is 0 Å². The van der Waals surface area contributed by atoms with Crippen LogP contribution in [0.4, 0.5) is 0 Å². The molecule has 0 aliphatic rings. The van der Waals surface area contributed by atoms with Crippen LogP contribution in [-0.4, -0.2) is 37.9 Å². The van der Waals surface area contributed by atoms with Crippen LogP contribution in [0.2, 0.25) is 0 Å². The van der Waals surface area contributed by atoms with Gasteiger partial charge in [-0.05, 0) is 6.42 Å². The summed E-state index contributed by atoms with van der Waals surface area (Å²) < 4.78 is 0. The van der Waals surface area contributed by atoms with Crippen molar-refractivity contribution in [2.45, 2.75) is 266 Å². The fraction of sp³-hybridized carbons (Fsp3) is 1.00. The summed E-state index contributed by atoms with van der Waals surface area (Å²) in [6, 6.07) is 0. The Morgan fingerprint density at radius 2 is 0.412 bits per heavy atom. The predicted molar refractivity (Wildman–Crippen MR) is 228 cm³/mol. The van der Waals surface area contributed by atoms with Crippen LogP contribution < -0.4 is 12.4 Å². The predicted octanol–water partition coefficient (Wildman–Crippen LogP) is 13.8. The maximum atomic E-state index is 8.29. The Labute approximate surface area is 346 Å². The first-order valence-corrected chi connectivity index (χ1v) is 23.1. The topological polar surface area (TPSA) is 48.4 Å². The van der Waals surface area contributed by atoms with Gasteiger partial charge in [-0.15, -0.1) is 26.2 Å². The van der Waals surface area contributed by atoms with Gasteiger partial charge in [0.15, 0.2) is 0 Å². The molecule has 0 heterocycles. The molecule has 0 fully saturated rings. The molecule has 0 amide bonds. The van der Waals surface area contributed by atoms with E-state index in [9.17, 15) is 0 Å². The largest absolute Gasteiger partial charge is 2.00 e. The van der Waals surface area contributed by atoms with Gasteiger partial charge in [-0.3, -0.25) is 0 Å². The number of halogens is 1. The van der Waals surface area contributed by atoms with E-state index in [4.69, 9.17) is 5.11 Å². The van der Waals surface area contributed by atoms with E-state index in [0.29, 0.717) is 6.61 Å². The van der Waals surface area contributed by atoms with E-state index in [1.807, 2.05) is 0 Å². The zero-order valence-electron chi connectivity index (χ0n) is 36.2. The van der Waals surface area contributed by atoms with Crippen LogP contribution in [-0.2, 0) is 21.7 Å². The molecule has 0 aromatic carbocycles. The van der Waals surface area contributed by atoms with Gasteiger partial charge in [-0.1, -0.05) is 259 Å². The third-order valence-corrected chi connectivity index (χ3v) is 9.69. The molecular weight excluding hydrogens is 680 g/mol. The normalized spacial score (nSPS) is 10.5. The first-order chi connectivity index (χ1) is 24.2. The summed E-state index contributed by atoms with van der Waals surface area (Å²) >= 11 is 0. The molecule has 0 aliphatic heterocycles. The van der Waals surface area contributed by atoms with E-state index in [2.05, 4.69) is 45.3 Å². The minimum Gasteiger partial charge on any atom is -1.00 e. The fourth-order valence-corrected chi connectivity index (χ4v) is 6.19.